The zero-order chi connectivity index (χ0) is 7.56. The Morgan fingerprint density at radius 3 is 3.00 bits per heavy atom. The van der Waals surface area contributed by atoms with Crippen LogP contribution in [0.2, 0.25) is 0 Å². The fraction of sp³-hybridized carbons (Fsp3) is 0.333. The SMILES string of the molecule is Cc1cc(=O)c(CCl)n[nH]1. The zero-order valence-corrected chi connectivity index (χ0v) is 6.27. The fourth-order valence-electron chi connectivity index (χ4n) is 0.619. The van der Waals surface area contributed by atoms with E-state index in [-0.39, 0.29) is 11.3 Å². The van der Waals surface area contributed by atoms with Gasteiger partial charge >= 0.3 is 0 Å². The fourth-order valence-corrected chi connectivity index (χ4v) is 0.810. The van der Waals surface area contributed by atoms with Crippen molar-refractivity contribution in [2.75, 3.05) is 0 Å². The van der Waals surface area contributed by atoms with Crippen LogP contribution in [0.4, 0.5) is 0 Å². The number of hydrogen-bond donors (Lipinski definition) is 1. The lowest BCUT2D eigenvalue weighted by molar-refractivity contribution is 0.917. The number of aromatic amines is 1. The van der Waals surface area contributed by atoms with Crippen molar-refractivity contribution in [3.8, 4) is 0 Å². The van der Waals surface area contributed by atoms with E-state index in [1.807, 2.05) is 0 Å². The summed E-state index contributed by atoms with van der Waals surface area (Å²) in [6, 6.07) is 1.48. The second-order valence-corrected chi connectivity index (χ2v) is 2.26. The Morgan fingerprint density at radius 2 is 2.50 bits per heavy atom. The maximum Gasteiger partial charge on any atom is 0.204 e. The minimum absolute atomic E-state index is 0.105. The molecule has 0 fully saturated rings. The highest BCUT2D eigenvalue weighted by molar-refractivity contribution is 6.16. The summed E-state index contributed by atoms with van der Waals surface area (Å²) in [7, 11) is 0. The molecule has 1 rings (SSSR count). The number of halogens is 1. The lowest BCUT2D eigenvalue weighted by Crippen LogP contribution is -2.10. The normalized spacial score (nSPS) is 9.80. The molecule has 4 heteroatoms. The van der Waals surface area contributed by atoms with Gasteiger partial charge in [-0.2, -0.15) is 5.10 Å². The second-order valence-electron chi connectivity index (χ2n) is 2.00. The van der Waals surface area contributed by atoms with Gasteiger partial charge in [-0.25, -0.2) is 0 Å². The van der Waals surface area contributed by atoms with Crippen LogP contribution in [0, 0.1) is 6.92 Å². The van der Waals surface area contributed by atoms with Gasteiger partial charge in [0.25, 0.3) is 0 Å². The Balaban J connectivity index is 3.20. The molecule has 1 N–H and O–H groups in total. The highest BCUT2D eigenvalue weighted by atomic mass is 35.5. The van der Waals surface area contributed by atoms with Gasteiger partial charge in [0.1, 0.15) is 5.69 Å². The second kappa shape index (κ2) is 2.84. The van der Waals surface area contributed by atoms with E-state index in [1.165, 1.54) is 6.07 Å². The third kappa shape index (κ3) is 1.36. The average molecular weight is 159 g/mol. The third-order valence-corrected chi connectivity index (χ3v) is 1.38. The first-order valence-electron chi connectivity index (χ1n) is 2.85. The van der Waals surface area contributed by atoms with Gasteiger partial charge in [-0.1, -0.05) is 0 Å². The van der Waals surface area contributed by atoms with E-state index in [0.29, 0.717) is 5.69 Å². The highest BCUT2D eigenvalue weighted by Crippen LogP contribution is 1.90. The molecule has 0 bridgehead atoms. The molecule has 0 spiro atoms. The molecule has 10 heavy (non-hydrogen) atoms. The Labute approximate surface area is 63.0 Å². The van der Waals surface area contributed by atoms with Crippen LogP contribution in [-0.2, 0) is 5.88 Å². The smallest absolute Gasteiger partial charge is 0.204 e. The summed E-state index contributed by atoms with van der Waals surface area (Å²) in [6.07, 6.45) is 0. The maximum atomic E-state index is 10.9. The van der Waals surface area contributed by atoms with Crippen molar-refractivity contribution in [3.05, 3.63) is 27.7 Å². The molecule has 0 saturated carbocycles. The molecule has 0 aliphatic heterocycles. The van der Waals surface area contributed by atoms with Crippen molar-refractivity contribution in [2.45, 2.75) is 12.8 Å². The molecular weight excluding hydrogens is 152 g/mol. The first kappa shape index (κ1) is 7.28. The third-order valence-electron chi connectivity index (χ3n) is 1.13. The molecule has 1 aromatic heterocycles. The monoisotopic (exact) mass is 158 g/mol. The molecule has 1 heterocycles. The Morgan fingerprint density at radius 1 is 1.80 bits per heavy atom. The molecular formula is C6H7ClN2O. The van der Waals surface area contributed by atoms with Crippen LogP contribution in [-0.4, -0.2) is 10.2 Å². The number of alkyl halides is 1. The molecule has 1 aromatic rings. The van der Waals surface area contributed by atoms with E-state index < -0.39 is 0 Å². The van der Waals surface area contributed by atoms with E-state index in [9.17, 15) is 4.79 Å². The summed E-state index contributed by atoms with van der Waals surface area (Å²) in [4.78, 5) is 10.9. The van der Waals surface area contributed by atoms with Crippen LogP contribution in [0.15, 0.2) is 10.9 Å². The molecule has 54 valence electrons. The van der Waals surface area contributed by atoms with Gasteiger partial charge in [0, 0.05) is 11.8 Å². The van der Waals surface area contributed by atoms with Crippen molar-refractivity contribution < 1.29 is 0 Å². The standard InChI is InChI=1S/C6H7ClN2O/c1-4-2-6(10)5(3-7)9-8-4/h2H,3H2,1H3,(H,8,10). The van der Waals surface area contributed by atoms with Crippen LogP contribution < -0.4 is 5.43 Å². The van der Waals surface area contributed by atoms with E-state index >= 15 is 0 Å². The van der Waals surface area contributed by atoms with Crippen molar-refractivity contribution >= 4 is 11.6 Å². The lowest BCUT2D eigenvalue weighted by atomic mass is 10.3. The number of aromatic nitrogens is 2. The van der Waals surface area contributed by atoms with E-state index in [0.717, 1.165) is 5.69 Å². The summed E-state index contributed by atoms with van der Waals surface area (Å²) in [6.45, 7) is 1.77. The summed E-state index contributed by atoms with van der Waals surface area (Å²) < 4.78 is 0. The topological polar surface area (TPSA) is 45.8 Å². The molecule has 0 radical (unpaired) electrons. The van der Waals surface area contributed by atoms with Crippen LogP contribution in [0.1, 0.15) is 11.4 Å². The molecule has 0 aliphatic carbocycles. The quantitative estimate of drug-likeness (QED) is 0.615. The predicted octanol–water partition coefficient (Wildman–Crippen LogP) is 0.817. The number of aryl methyl sites for hydroxylation is 1. The van der Waals surface area contributed by atoms with Crippen LogP contribution in [0.25, 0.3) is 0 Å². The van der Waals surface area contributed by atoms with E-state index in [1.54, 1.807) is 6.92 Å². The van der Waals surface area contributed by atoms with Crippen LogP contribution >= 0.6 is 11.6 Å². The Hall–Kier alpha value is -0.830. The first-order valence-corrected chi connectivity index (χ1v) is 3.38. The molecule has 0 aliphatic rings. The molecule has 0 unspecified atom stereocenters. The average Bonchev–Trinajstić information content (AvgIpc) is 1.88. The van der Waals surface area contributed by atoms with Gasteiger partial charge in [0.15, 0.2) is 0 Å². The zero-order valence-electron chi connectivity index (χ0n) is 5.52. The van der Waals surface area contributed by atoms with Crippen molar-refractivity contribution in [3.63, 3.8) is 0 Å². The van der Waals surface area contributed by atoms with Crippen molar-refractivity contribution in [1.29, 1.82) is 0 Å². The van der Waals surface area contributed by atoms with E-state index in [4.69, 9.17) is 11.6 Å². The maximum absolute atomic E-state index is 10.9. The van der Waals surface area contributed by atoms with Gasteiger partial charge in [0.2, 0.25) is 5.43 Å². The minimum atomic E-state index is -0.105. The molecule has 0 atom stereocenters. The highest BCUT2D eigenvalue weighted by Gasteiger charge is 1.97. The summed E-state index contributed by atoms with van der Waals surface area (Å²) in [5.41, 5.74) is 1.01. The largest absolute Gasteiger partial charge is 0.288 e. The Bertz CT molecular complexity index is 281. The predicted molar refractivity (Wildman–Crippen MR) is 39.2 cm³/mol. The number of H-pyrrole nitrogens is 1. The number of hydrogen-bond acceptors (Lipinski definition) is 2. The first-order chi connectivity index (χ1) is 4.74. The van der Waals surface area contributed by atoms with Crippen LogP contribution in [0.3, 0.4) is 0 Å². The Kier molecular flexibility index (Phi) is 2.06. The number of nitrogens with one attached hydrogen (secondary N) is 1. The number of nitrogens with zero attached hydrogens (tertiary/aromatic N) is 1. The number of rotatable bonds is 1. The molecule has 0 amide bonds. The van der Waals surface area contributed by atoms with Gasteiger partial charge < -0.3 is 0 Å². The van der Waals surface area contributed by atoms with Gasteiger partial charge in [-0.3, -0.25) is 9.89 Å². The molecule has 0 aromatic carbocycles. The summed E-state index contributed by atoms with van der Waals surface area (Å²) >= 11 is 5.40. The van der Waals surface area contributed by atoms with Crippen LogP contribution in [0.5, 0.6) is 0 Å². The van der Waals surface area contributed by atoms with Crippen molar-refractivity contribution in [2.24, 2.45) is 0 Å². The summed E-state index contributed by atoms with van der Waals surface area (Å²) in [5.74, 6) is 0.162. The lowest BCUT2D eigenvalue weighted by Gasteiger charge is -1.92. The van der Waals surface area contributed by atoms with Gasteiger partial charge in [0.05, 0.1) is 5.88 Å². The summed E-state index contributed by atoms with van der Waals surface area (Å²) in [5, 5.41) is 6.38. The minimum Gasteiger partial charge on any atom is -0.288 e. The van der Waals surface area contributed by atoms with Crippen molar-refractivity contribution in [1.82, 2.24) is 10.2 Å². The van der Waals surface area contributed by atoms with E-state index in [2.05, 4.69) is 10.2 Å². The molecule has 0 saturated heterocycles. The van der Waals surface area contributed by atoms with Gasteiger partial charge in [-0.15, -0.1) is 11.6 Å². The molecule has 3 nitrogen and oxygen atoms in total. The van der Waals surface area contributed by atoms with Gasteiger partial charge in [-0.05, 0) is 6.92 Å².